The first-order valence-electron chi connectivity index (χ1n) is 13.6. The van der Waals surface area contributed by atoms with Crippen molar-refractivity contribution in [1.82, 2.24) is 15.0 Å². The Morgan fingerprint density at radius 3 is 1.76 bits per heavy atom. The standard InChI is InChI=1S/C37H23N3O/c1-3-10-24(11-4-1)27-15-9-16-28(22-27)36-38-35(26-13-5-2-6-14-26)39-37(40-36)29-19-21-33-32(23-29)31-20-18-25-12-7-8-17-30(25)34(31)41-33/h1-23H. The molecular weight excluding hydrogens is 502 g/mol. The van der Waals surface area contributed by atoms with Gasteiger partial charge in [-0.15, -0.1) is 0 Å². The maximum Gasteiger partial charge on any atom is 0.164 e. The van der Waals surface area contributed by atoms with E-state index in [0.717, 1.165) is 60.5 Å². The minimum absolute atomic E-state index is 0.621. The van der Waals surface area contributed by atoms with E-state index in [-0.39, 0.29) is 0 Å². The highest BCUT2D eigenvalue weighted by Gasteiger charge is 2.16. The second kappa shape index (κ2) is 9.54. The molecule has 4 nitrogen and oxygen atoms in total. The second-order valence-electron chi connectivity index (χ2n) is 10.1. The minimum atomic E-state index is 0.621. The maximum atomic E-state index is 6.34. The third kappa shape index (κ3) is 4.14. The molecule has 0 bridgehead atoms. The van der Waals surface area contributed by atoms with E-state index in [1.165, 1.54) is 0 Å². The van der Waals surface area contributed by atoms with Crippen LogP contribution in [-0.4, -0.2) is 15.0 Å². The highest BCUT2D eigenvalue weighted by molar-refractivity contribution is 6.15. The number of furan rings is 1. The Morgan fingerprint density at radius 2 is 0.976 bits per heavy atom. The smallest absolute Gasteiger partial charge is 0.164 e. The number of nitrogens with zero attached hydrogens (tertiary/aromatic N) is 3. The summed E-state index contributed by atoms with van der Waals surface area (Å²) in [4.78, 5) is 14.9. The van der Waals surface area contributed by atoms with Gasteiger partial charge in [-0.1, -0.05) is 109 Å². The average Bonchev–Trinajstić information content (AvgIpc) is 3.44. The number of benzene rings is 6. The molecule has 2 aromatic heterocycles. The van der Waals surface area contributed by atoms with Crippen molar-refractivity contribution in [2.24, 2.45) is 0 Å². The predicted octanol–water partition coefficient (Wildman–Crippen LogP) is 9.59. The van der Waals surface area contributed by atoms with Crippen molar-refractivity contribution in [1.29, 1.82) is 0 Å². The molecule has 41 heavy (non-hydrogen) atoms. The summed E-state index contributed by atoms with van der Waals surface area (Å²) in [7, 11) is 0. The molecule has 0 amide bonds. The lowest BCUT2D eigenvalue weighted by molar-refractivity contribution is 0.672. The monoisotopic (exact) mass is 525 g/mol. The fraction of sp³-hybridized carbons (Fsp3) is 0. The van der Waals surface area contributed by atoms with Crippen molar-refractivity contribution in [3.05, 3.63) is 140 Å². The van der Waals surface area contributed by atoms with E-state index < -0.39 is 0 Å². The van der Waals surface area contributed by atoms with E-state index in [1.54, 1.807) is 0 Å². The first-order valence-corrected chi connectivity index (χ1v) is 13.6. The number of rotatable bonds is 4. The Kier molecular flexibility index (Phi) is 5.42. The van der Waals surface area contributed by atoms with E-state index in [9.17, 15) is 0 Å². The molecule has 0 spiro atoms. The molecule has 8 aromatic rings. The van der Waals surface area contributed by atoms with Crippen LogP contribution in [0.2, 0.25) is 0 Å². The van der Waals surface area contributed by atoms with Crippen LogP contribution < -0.4 is 0 Å². The third-order valence-electron chi connectivity index (χ3n) is 7.51. The normalized spacial score (nSPS) is 11.4. The number of aromatic nitrogens is 3. The molecule has 192 valence electrons. The molecule has 2 heterocycles. The van der Waals surface area contributed by atoms with Crippen LogP contribution in [0.15, 0.2) is 144 Å². The molecule has 4 heteroatoms. The highest BCUT2D eigenvalue weighted by atomic mass is 16.3. The molecule has 0 radical (unpaired) electrons. The Balaban J connectivity index is 1.31. The van der Waals surface area contributed by atoms with Crippen molar-refractivity contribution in [2.45, 2.75) is 0 Å². The molecule has 0 saturated heterocycles. The molecule has 0 aliphatic rings. The molecule has 0 fully saturated rings. The van der Waals surface area contributed by atoms with Gasteiger partial charge in [-0.25, -0.2) is 15.0 Å². The van der Waals surface area contributed by atoms with Crippen molar-refractivity contribution >= 4 is 32.7 Å². The van der Waals surface area contributed by atoms with Crippen LogP contribution in [0.3, 0.4) is 0 Å². The molecular formula is C37H23N3O. The fourth-order valence-electron chi connectivity index (χ4n) is 5.46. The summed E-state index contributed by atoms with van der Waals surface area (Å²) in [6, 6.07) is 47.5. The van der Waals surface area contributed by atoms with Gasteiger partial charge in [0.2, 0.25) is 0 Å². The van der Waals surface area contributed by atoms with Crippen molar-refractivity contribution in [3.63, 3.8) is 0 Å². The molecule has 0 N–H and O–H groups in total. The third-order valence-corrected chi connectivity index (χ3v) is 7.51. The zero-order chi connectivity index (χ0) is 27.2. The van der Waals surface area contributed by atoms with Crippen LogP contribution in [0.1, 0.15) is 0 Å². The zero-order valence-electron chi connectivity index (χ0n) is 22.0. The van der Waals surface area contributed by atoms with Gasteiger partial charge >= 0.3 is 0 Å². The molecule has 0 saturated carbocycles. The van der Waals surface area contributed by atoms with Crippen molar-refractivity contribution < 1.29 is 4.42 Å². The van der Waals surface area contributed by atoms with Crippen molar-refractivity contribution in [2.75, 3.05) is 0 Å². The fourth-order valence-corrected chi connectivity index (χ4v) is 5.46. The van der Waals surface area contributed by atoms with Gasteiger partial charge in [-0.2, -0.15) is 0 Å². The predicted molar refractivity (Wildman–Crippen MR) is 166 cm³/mol. The van der Waals surface area contributed by atoms with Crippen LogP contribution >= 0.6 is 0 Å². The summed E-state index contributed by atoms with van der Waals surface area (Å²) in [5.74, 6) is 1.89. The van der Waals surface area contributed by atoms with Gasteiger partial charge in [-0.05, 0) is 46.8 Å². The summed E-state index contributed by atoms with van der Waals surface area (Å²) >= 11 is 0. The van der Waals surface area contributed by atoms with Gasteiger partial charge < -0.3 is 4.42 Å². The second-order valence-corrected chi connectivity index (χ2v) is 10.1. The van der Waals surface area contributed by atoms with Crippen LogP contribution in [0.25, 0.3) is 78.0 Å². The molecule has 0 atom stereocenters. The van der Waals surface area contributed by atoms with E-state index in [1.807, 2.05) is 60.7 Å². The van der Waals surface area contributed by atoms with Gasteiger partial charge in [-0.3, -0.25) is 0 Å². The van der Waals surface area contributed by atoms with Crippen LogP contribution in [-0.2, 0) is 0 Å². The van der Waals surface area contributed by atoms with E-state index in [4.69, 9.17) is 19.4 Å². The Morgan fingerprint density at radius 1 is 0.366 bits per heavy atom. The Labute approximate surface area is 236 Å². The van der Waals surface area contributed by atoms with Gasteiger partial charge in [0.25, 0.3) is 0 Å². The van der Waals surface area contributed by atoms with Gasteiger partial charge in [0.05, 0.1) is 0 Å². The zero-order valence-corrected chi connectivity index (χ0v) is 22.0. The Bertz CT molecular complexity index is 2200. The molecule has 0 aliphatic carbocycles. The number of fused-ring (bicyclic) bond motifs is 5. The SMILES string of the molecule is c1ccc(-c2cccc(-c3nc(-c4ccccc4)nc(-c4ccc5oc6c7ccccc7ccc6c5c4)n3)c2)cc1. The lowest BCUT2D eigenvalue weighted by Crippen LogP contribution is -2.00. The molecule has 8 rings (SSSR count). The van der Waals surface area contributed by atoms with Gasteiger partial charge in [0.1, 0.15) is 11.2 Å². The lowest BCUT2D eigenvalue weighted by atomic mass is 10.0. The summed E-state index contributed by atoms with van der Waals surface area (Å²) in [6.07, 6.45) is 0. The van der Waals surface area contributed by atoms with E-state index >= 15 is 0 Å². The lowest BCUT2D eigenvalue weighted by Gasteiger charge is -2.10. The minimum Gasteiger partial charge on any atom is -0.455 e. The van der Waals surface area contributed by atoms with Gasteiger partial charge in [0, 0.05) is 32.8 Å². The molecule has 0 unspecified atom stereocenters. The topological polar surface area (TPSA) is 51.8 Å². The molecule has 6 aromatic carbocycles. The summed E-state index contributed by atoms with van der Waals surface area (Å²) < 4.78 is 6.34. The Hall–Kier alpha value is -5.61. The summed E-state index contributed by atoms with van der Waals surface area (Å²) in [5, 5.41) is 4.38. The maximum absolute atomic E-state index is 6.34. The number of hydrogen-bond donors (Lipinski definition) is 0. The van der Waals surface area contributed by atoms with E-state index in [2.05, 4.69) is 78.9 Å². The summed E-state index contributed by atoms with van der Waals surface area (Å²) in [6.45, 7) is 0. The van der Waals surface area contributed by atoms with Crippen LogP contribution in [0, 0.1) is 0 Å². The summed E-state index contributed by atoms with van der Waals surface area (Å²) in [5.41, 5.74) is 6.80. The van der Waals surface area contributed by atoms with Crippen LogP contribution in [0.5, 0.6) is 0 Å². The quantitative estimate of drug-likeness (QED) is 0.230. The average molecular weight is 526 g/mol. The highest BCUT2D eigenvalue weighted by Crippen LogP contribution is 2.36. The van der Waals surface area contributed by atoms with Gasteiger partial charge in [0.15, 0.2) is 17.5 Å². The van der Waals surface area contributed by atoms with E-state index in [0.29, 0.717) is 17.5 Å². The first-order chi connectivity index (χ1) is 20.3. The van der Waals surface area contributed by atoms with Crippen LogP contribution in [0.4, 0.5) is 0 Å². The molecule has 0 aliphatic heterocycles. The number of hydrogen-bond acceptors (Lipinski definition) is 4. The largest absolute Gasteiger partial charge is 0.455 e. The first kappa shape index (κ1) is 23.3. The van der Waals surface area contributed by atoms with Crippen molar-refractivity contribution in [3.8, 4) is 45.3 Å².